The Morgan fingerprint density at radius 3 is 2.70 bits per heavy atom. The maximum absolute atomic E-state index is 13.5. The first-order valence-corrected chi connectivity index (χ1v) is 7.43. The van der Waals surface area contributed by atoms with Crippen molar-refractivity contribution in [2.24, 2.45) is 5.73 Å². The number of halogens is 1. The monoisotopic (exact) mass is 278 g/mol. The highest BCUT2D eigenvalue weighted by Gasteiger charge is 2.42. The first kappa shape index (κ1) is 15.0. The van der Waals surface area contributed by atoms with Gasteiger partial charge in [-0.1, -0.05) is 25.0 Å². The summed E-state index contributed by atoms with van der Waals surface area (Å²) in [4.78, 5) is 12.6. The molecule has 1 aromatic carbocycles. The zero-order valence-corrected chi connectivity index (χ0v) is 11.8. The lowest BCUT2D eigenvalue weighted by Gasteiger charge is -2.28. The van der Waals surface area contributed by atoms with Crippen molar-refractivity contribution < 1.29 is 9.18 Å². The molecule has 0 bridgehead atoms. The molecule has 1 aliphatic rings. The third-order valence-corrected chi connectivity index (χ3v) is 4.19. The van der Waals surface area contributed by atoms with Crippen molar-refractivity contribution >= 4 is 5.91 Å². The van der Waals surface area contributed by atoms with Crippen LogP contribution in [-0.2, 0) is 10.2 Å². The van der Waals surface area contributed by atoms with Gasteiger partial charge in [-0.3, -0.25) is 4.79 Å². The molecule has 1 aromatic rings. The van der Waals surface area contributed by atoms with Crippen molar-refractivity contribution in [3.8, 4) is 0 Å². The summed E-state index contributed by atoms with van der Waals surface area (Å²) >= 11 is 0. The van der Waals surface area contributed by atoms with E-state index in [9.17, 15) is 9.18 Å². The van der Waals surface area contributed by atoms with Crippen molar-refractivity contribution in [2.45, 2.75) is 43.9 Å². The van der Waals surface area contributed by atoms with E-state index in [0.717, 1.165) is 44.1 Å². The molecule has 1 fully saturated rings. The number of hydrogen-bond acceptors (Lipinski definition) is 2. The Morgan fingerprint density at radius 1 is 1.30 bits per heavy atom. The molecular weight excluding hydrogens is 255 g/mol. The summed E-state index contributed by atoms with van der Waals surface area (Å²) < 4.78 is 13.5. The number of carbonyl (C=O) groups is 1. The molecule has 0 radical (unpaired) electrons. The van der Waals surface area contributed by atoms with Gasteiger partial charge in [0.15, 0.2) is 0 Å². The van der Waals surface area contributed by atoms with Crippen molar-refractivity contribution in [3.05, 3.63) is 35.6 Å². The van der Waals surface area contributed by atoms with Crippen molar-refractivity contribution in [1.82, 2.24) is 5.32 Å². The van der Waals surface area contributed by atoms with Gasteiger partial charge < -0.3 is 11.1 Å². The molecule has 0 aromatic heterocycles. The normalized spacial score (nSPS) is 17.1. The fourth-order valence-electron chi connectivity index (χ4n) is 3.05. The van der Waals surface area contributed by atoms with Crippen LogP contribution >= 0.6 is 0 Å². The van der Waals surface area contributed by atoms with E-state index >= 15 is 0 Å². The van der Waals surface area contributed by atoms with Crippen LogP contribution in [0, 0.1) is 5.82 Å². The molecule has 0 unspecified atom stereocenters. The lowest BCUT2D eigenvalue weighted by molar-refractivity contribution is -0.126. The maximum Gasteiger partial charge on any atom is 0.230 e. The summed E-state index contributed by atoms with van der Waals surface area (Å²) in [6, 6.07) is 6.48. The largest absolute Gasteiger partial charge is 0.355 e. The fraction of sp³-hybridized carbons (Fsp3) is 0.562. The van der Waals surface area contributed by atoms with Crippen LogP contribution in [0.3, 0.4) is 0 Å². The topological polar surface area (TPSA) is 55.1 Å². The minimum absolute atomic E-state index is 0.0395. The van der Waals surface area contributed by atoms with Gasteiger partial charge in [0.2, 0.25) is 5.91 Å². The van der Waals surface area contributed by atoms with Gasteiger partial charge in [-0.15, -0.1) is 0 Å². The highest BCUT2D eigenvalue weighted by molar-refractivity contribution is 5.88. The Kier molecular flexibility index (Phi) is 5.12. The Balaban J connectivity index is 2.11. The molecule has 3 nitrogen and oxygen atoms in total. The van der Waals surface area contributed by atoms with Crippen molar-refractivity contribution in [1.29, 1.82) is 0 Å². The summed E-state index contributed by atoms with van der Waals surface area (Å²) in [6.07, 6.45) is 5.45. The quantitative estimate of drug-likeness (QED) is 0.786. The summed E-state index contributed by atoms with van der Waals surface area (Å²) in [5, 5.41) is 3.00. The van der Waals surface area contributed by atoms with Crippen LogP contribution in [-0.4, -0.2) is 19.0 Å². The Labute approximate surface area is 119 Å². The molecule has 0 heterocycles. The second kappa shape index (κ2) is 6.84. The molecule has 0 saturated heterocycles. The molecule has 3 N–H and O–H groups in total. The van der Waals surface area contributed by atoms with Gasteiger partial charge in [0.1, 0.15) is 5.82 Å². The first-order chi connectivity index (χ1) is 9.69. The number of nitrogens with one attached hydrogen (secondary N) is 1. The molecule has 0 aliphatic heterocycles. The number of unbranched alkanes of at least 4 members (excludes halogenated alkanes) is 1. The SMILES string of the molecule is NCCCCNC(=O)C1(c2cccc(F)c2)CCCC1. The summed E-state index contributed by atoms with van der Waals surface area (Å²) in [6.45, 7) is 1.29. The van der Waals surface area contributed by atoms with E-state index in [4.69, 9.17) is 5.73 Å². The van der Waals surface area contributed by atoms with Crippen LogP contribution in [0.5, 0.6) is 0 Å². The molecule has 110 valence electrons. The van der Waals surface area contributed by atoms with Crippen LogP contribution in [0.4, 0.5) is 4.39 Å². The second-order valence-electron chi connectivity index (χ2n) is 5.55. The first-order valence-electron chi connectivity index (χ1n) is 7.43. The van der Waals surface area contributed by atoms with Crippen LogP contribution in [0.1, 0.15) is 44.1 Å². The van der Waals surface area contributed by atoms with Gasteiger partial charge in [-0.25, -0.2) is 4.39 Å². The Morgan fingerprint density at radius 2 is 2.05 bits per heavy atom. The lowest BCUT2D eigenvalue weighted by atomic mass is 9.78. The predicted octanol–water partition coefficient (Wildman–Crippen LogP) is 2.49. The van der Waals surface area contributed by atoms with Crippen molar-refractivity contribution in [2.75, 3.05) is 13.1 Å². The minimum Gasteiger partial charge on any atom is -0.355 e. The zero-order chi connectivity index (χ0) is 14.4. The number of benzene rings is 1. The number of carbonyl (C=O) groups excluding carboxylic acids is 1. The van der Waals surface area contributed by atoms with Gasteiger partial charge in [-0.05, 0) is 49.9 Å². The molecule has 1 aliphatic carbocycles. The minimum atomic E-state index is -0.537. The van der Waals surface area contributed by atoms with E-state index in [0.29, 0.717) is 13.1 Å². The van der Waals surface area contributed by atoms with E-state index in [-0.39, 0.29) is 11.7 Å². The predicted molar refractivity (Wildman–Crippen MR) is 77.8 cm³/mol. The van der Waals surface area contributed by atoms with E-state index in [1.54, 1.807) is 6.07 Å². The number of amides is 1. The summed E-state index contributed by atoms with van der Waals surface area (Å²) in [5.74, 6) is -0.234. The van der Waals surface area contributed by atoms with Crippen LogP contribution in [0.2, 0.25) is 0 Å². The summed E-state index contributed by atoms with van der Waals surface area (Å²) in [5.41, 5.74) is 5.72. The third-order valence-electron chi connectivity index (χ3n) is 4.19. The molecular formula is C16H23FN2O. The standard InChI is InChI=1S/C16H23FN2O/c17-14-7-5-6-13(12-14)16(8-1-2-9-16)15(20)19-11-4-3-10-18/h5-7,12H,1-4,8-11,18H2,(H,19,20). The molecule has 1 amide bonds. The maximum atomic E-state index is 13.5. The van der Waals surface area contributed by atoms with Crippen LogP contribution in [0.15, 0.2) is 24.3 Å². The lowest BCUT2D eigenvalue weighted by Crippen LogP contribution is -2.43. The molecule has 20 heavy (non-hydrogen) atoms. The number of hydrogen-bond donors (Lipinski definition) is 2. The van der Waals surface area contributed by atoms with Gasteiger partial charge in [0.25, 0.3) is 0 Å². The average molecular weight is 278 g/mol. The Hall–Kier alpha value is -1.42. The van der Waals surface area contributed by atoms with Gasteiger partial charge in [-0.2, -0.15) is 0 Å². The molecule has 0 spiro atoms. The van der Waals surface area contributed by atoms with Gasteiger partial charge in [0.05, 0.1) is 5.41 Å². The van der Waals surface area contributed by atoms with E-state index in [2.05, 4.69) is 5.32 Å². The molecule has 2 rings (SSSR count). The fourth-order valence-corrected chi connectivity index (χ4v) is 3.05. The molecule has 0 atom stereocenters. The average Bonchev–Trinajstić information content (AvgIpc) is 2.94. The van der Waals surface area contributed by atoms with Gasteiger partial charge >= 0.3 is 0 Å². The third kappa shape index (κ3) is 3.18. The van der Waals surface area contributed by atoms with Crippen LogP contribution < -0.4 is 11.1 Å². The Bertz CT molecular complexity index is 456. The number of rotatable bonds is 6. The molecule has 1 saturated carbocycles. The van der Waals surface area contributed by atoms with E-state index in [1.807, 2.05) is 6.07 Å². The number of nitrogens with two attached hydrogens (primary N) is 1. The van der Waals surface area contributed by atoms with E-state index in [1.165, 1.54) is 12.1 Å². The second-order valence-corrected chi connectivity index (χ2v) is 5.55. The van der Waals surface area contributed by atoms with E-state index < -0.39 is 5.41 Å². The highest BCUT2D eigenvalue weighted by Crippen LogP contribution is 2.41. The van der Waals surface area contributed by atoms with Gasteiger partial charge in [0, 0.05) is 6.54 Å². The highest BCUT2D eigenvalue weighted by atomic mass is 19.1. The van der Waals surface area contributed by atoms with Crippen molar-refractivity contribution in [3.63, 3.8) is 0 Å². The zero-order valence-electron chi connectivity index (χ0n) is 11.8. The van der Waals surface area contributed by atoms with Crippen LogP contribution in [0.25, 0.3) is 0 Å². The molecule has 4 heteroatoms. The summed E-state index contributed by atoms with van der Waals surface area (Å²) in [7, 11) is 0. The smallest absolute Gasteiger partial charge is 0.230 e.